The molecule has 27 heavy (non-hydrogen) atoms. The Morgan fingerprint density at radius 3 is 2.33 bits per heavy atom. The summed E-state index contributed by atoms with van der Waals surface area (Å²) in [6, 6.07) is 10.3. The molecule has 0 saturated heterocycles. The number of nitro groups is 1. The Morgan fingerprint density at radius 2 is 1.81 bits per heavy atom. The van der Waals surface area contributed by atoms with Crippen molar-refractivity contribution in [3.8, 4) is 0 Å². The van der Waals surface area contributed by atoms with Crippen molar-refractivity contribution in [3.05, 3.63) is 63.7 Å². The van der Waals surface area contributed by atoms with Crippen LogP contribution in [0.2, 0.25) is 0 Å². The van der Waals surface area contributed by atoms with Crippen molar-refractivity contribution in [2.45, 2.75) is 11.3 Å². The maximum atomic E-state index is 12.2. The molecule has 0 spiro atoms. The number of nitrogens with zero attached hydrogens (tertiary/aromatic N) is 2. The second kappa shape index (κ2) is 8.14. The highest BCUT2D eigenvalue weighted by Crippen LogP contribution is 2.27. The van der Waals surface area contributed by atoms with E-state index in [0.717, 1.165) is 5.56 Å². The number of primary sulfonamides is 1. The van der Waals surface area contributed by atoms with E-state index in [1.165, 1.54) is 30.3 Å². The molecule has 0 aliphatic heterocycles. The van der Waals surface area contributed by atoms with E-state index in [4.69, 9.17) is 5.14 Å². The van der Waals surface area contributed by atoms with Crippen LogP contribution in [0.4, 0.5) is 11.4 Å². The van der Waals surface area contributed by atoms with Gasteiger partial charge < -0.3 is 10.2 Å². The average molecular weight is 392 g/mol. The van der Waals surface area contributed by atoms with Gasteiger partial charge in [-0.25, -0.2) is 13.6 Å². The fourth-order valence-electron chi connectivity index (χ4n) is 2.46. The number of nitrogens with two attached hydrogens (primary N) is 1. The first-order valence-electron chi connectivity index (χ1n) is 7.95. The molecular weight excluding hydrogens is 372 g/mol. The monoisotopic (exact) mass is 392 g/mol. The SMILES string of the molecule is CN(C)c1ccc(C(=O)NCCc2ccc(S(N)(=O)=O)cc2)cc1[N+](=O)[O-]. The van der Waals surface area contributed by atoms with Crippen molar-refractivity contribution in [2.24, 2.45) is 5.14 Å². The van der Waals surface area contributed by atoms with Gasteiger partial charge >= 0.3 is 0 Å². The van der Waals surface area contributed by atoms with Crippen LogP contribution in [0.15, 0.2) is 47.4 Å². The second-order valence-corrected chi connectivity index (χ2v) is 7.61. The number of nitro benzene ring substituents is 1. The summed E-state index contributed by atoms with van der Waals surface area (Å²) in [5.74, 6) is -0.426. The molecule has 0 aliphatic carbocycles. The molecule has 1 amide bonds. The zero-order valence-corrected chi connectivity index (χ0v) is 15.7. The molecule has 0 atom stereocenters. The molecule has 0 saturated carbocycles. The standard InChI is InChI=1S/C17H20N4O5S/c1-20(2)15-8-5-13(11-16(15)21(23)24)17(22)19-10-9-12-3-6-14(7-4-12)27(18,25)26/h3-8,11H,9-10H2,1-2H3,(H,19,22)(H2,18,25,26). The van der Waals surface area contributed by atoms with Gasteiger partial charge in [0.25, 0.3) is 11.6 Å². The van der Waals surface area contributed by atoms with Crippen LogP contribution < -0.4 is 15.4 Å². The molecule has 0 bridgehead atoms. The van der Waals surface area contributed by atoms with Gasteiger partial charge in [-0.1, -0.05) is 12.1 Å². The summed E-state index contributed by atoms with van der Waals surface area (Å²) in [6.45, 7) is 0.288. The molecule has 144 valence electrons. The first-order chi connectivity index (χ1) is 12.6. The molecular formula is C17H20N4O5S. The van der Waals surface area contributed by atoms with Crippen molar-refractivity contribution in [1.82, 2.24) is 5.32 Å². The number of hydrogen-bond donors (Lipinski definition) is 2. The zero-order valence-electron chi connectivity index (χ0n) is 14.9. The van der Waals surface area contributed by atoms with Crippen molar-refractivity contribution in [1.29, 1.82) is 0 Å². The van der Waals surface area contributed by atoms with Gasteiger partial charge in [-0.15, -0.1) is 0 Å². The van der Waals surface area contributed by atoms with E-state index in [1.807, 2.05) is 0 Å². The average Bonchev–Trinajstić information content (AvgIpc) is 2.60. The quantitative estimate of drug-likeness (QED) is 0.538. The maximum absolute atomic E-state index is 12.2. The minimum absolute atomic E-state index is 0.0172. The Balaban J connectivity index is 2.02. The van der Waals surface area contributed by atoms with Gasteiger partial charge in [0, 0.05) is 32.3 Å². The number of anilines is 1. The van der Waals surface area contributed by atoms with E-state index in [1.54, 1.807) is 31.1 Å². The van der Waals surface area contributed by atoms with Gasteiger partial charge in [-0.3, -0.25) is 14.9 Å². The van der Waals surface area contributed by atoms with Crippen molar-refractivity contribution >= 4 is 27.3 Å². The minimum atomic E-state index is -3.74. The van der Waals surface area contributed by atoms with Gasteiger partial charge in [0.05, 0.1) is 9.82 Å². The molecule has 2 aromatic rings. The number of carbonyl (C=O) groups excluding carboxylic acids is 1. The van der Waals surface area contributed by atoms with Crippen LogP contribution in [0.25, 0.3) is 0 Å². The van der Waals surface area contributed by atoms with E-state index in [-0.39, 0.29) is 22.7 Å². The Labute approximate surface area is 157 Å². The molecule has 0 unspecified atom stereocenters. The predicted molar refractivity (Wildman–Crippen MR) is 101 cm³/mol. The lowest BCUT2D eigenvalue weighted by molar-refractivity contribution is -0.384. The zero-order chi connectivity index (χ0) is 20.2. The molecule has 0 radical (unpaired) electrons. The lowest BCUT2D eigenvalue weighted by Crippen LogP contribution is -2.26. The van der Waals surface area contributed by atoms with Gasteiger partial charge in [0.1, 0.15) is 5.69 Å². The minimum Gasteiger partial charge on any atom is -0.372 e. The number of sulfonamides is 1. The summed E-state index contributed by atoms with van der Waals surface area (Å²) in [5.41, 5.74) is 1.27. The third-order valence-electron chi connectivity index (χ3n) is 3.87. The fourth-order valence-corrected chi connectivity index (χ4v) is 2.97. The number of rotatable bonds is 7. The number of nitrogens with one attached hydrogen (secondary N) is 1. The highest BCUT2D eigenvalue weighted by atomic mass is 32.2. The Morgan fingerprint density at radius 1 is 1.19 bits per heavy atom. The topological polar surface area (TPSA) is 136 Å². The summed E-state index contributed by atoms with van der Waals surface area (Å²) >= 11 is 0. The normalized spacial score (nSPS) is 11.1. The van der Waals surface area contributed by atoms with E-state index < -0.39 is 20.9 Å². The Kier molecular flexibility index (Phi) is 6.13. The van der Waals surface area contributed by atoms with Crippen LogP contribution in [0, 0.1) is 10.1 Å². The van der Waals surface area contributed by atoms with Gasteiger partial charge in [0.15, 0.2) is 0 Å². The largest absolute Gasteiger partial charge is 0.372 e. The lowest BCUT2D eigenvalue weighted by atomic mass is 10.1. The molecule has 3 N–H and O–H groups in total. The first kappa shape index (κ1) is 20.3. The molecule has 0 heterocycles. The first-order valence-corrected chi connectivity index (χ1v) is 9.50. The molecule has 0 aromatic heterocycles. The Hall–Kier alpha value is -2.98. The fraction of sp³-hybridized carbons (Fsp3) is 0.235. The van der Waals surface area contributed by atoms with E-state index in [0.29, 0.717) is 12.1 Å². The molecule has 2 aromatic carbocycles. The molecule has 2 rings (SSSR count). The van der Waals surface area contributed by atoms with Gasteiger partial charge in [0.2, 0.25) is 10.0 Å². The summed E-state index contributed by atoms with van der Waals surface area (Å²) in [5, 5.41) is 18.9. The van der Waals surface area contributed by atoms with E-state index >= 15 is 0 Å². The van der Waals surface area contributed by atoms with Crippen molar-refractivity contribution in [3.63, 3.8) is 0 Å². The summed E-state index contributed by atoms with van der Waals surface area (Å²) in [7, 11) is -0.371. The van der Waals surface area contributed by atoms with E-state index in [9.17, 15) is 23.3 Å². The van der Waals surface area contributed by atoms with Crippen LogP contribution in [-0.4, -0.2) is 39.9 Å². The third kappa shape index (κ3) is 5.25. The number of benzene rings is 2. The van der Waals surface area contributed by atoms with Gasteiger partial charge in [-0.05, 0) is 36.2 Å². The van der Waals surface area contributed by atoms with Crippen LogP contribution in [0.1, 0.15) is 15.9 Å². The number of hydrogen-bond acceptors (Lipinski definition) is 6. The molecule has 0 fully saturated rings. The molecule has 9 nitrogen and oxygen atoms in total. The smallest absolute Gasteiger partial charge is 0.293 e. The predicted octanol–water partition coefficient (Wildman–Crippen LogP) is 1.28. The van der Waals surface area contributed by atoms with Crippen molar-refractivity contribution in [2.75, 3.05) is 25.5 Å². The van der Waals surface area contributed by atoms with Crippen molar-refractivity contribution < 1.29 is 18.1 Å². The van der Waals surface area contributed by atoms with E-state index in [2.05, 4.69) is 5.32 Å². The van der Waals surface area contributed by atoms with Crippen LogP contribution in [0.5, 0.6) is 0 Å². The second-order valence-electron chi connectivity index (χ2n) is 6.05. The van der Waals surface area contributed by atoms with Crippen LogP contribution >= 0.6 is 0 Å². The number of carbonyl (C=O) groups is 1. The number of amides is 1. The summed E-state index contributed by atoms with van der Waals surface area (Å²) in [4.78, 5) is 24.5. The maximum Gasteiger partial charge on any atom is 0.293 e. The van der Waals surface area contributed by atoms with Gasteiger partial charge in [-0.2, -0.15) is 0 Å². The van der Waals surface area contributed by atoms with Crippen LogP contribution in [-0.2, 0) is 16.4 Å². The van der Waals surface area contributed by atoms with Crippen LogP contribution in [0.3, 0.4) is 0 Å². The Bertz CT molecular complexity index is 956. The highest BCUT2D eigenvalue weighted by molar-refractivity contribution is 7.89. The summed E-state index contributed by atoms with van der Waals surface area (Å²) < 4.78 is 22.4. The highest BCUT2D eigenvalue weighted by Gasteiger charge is 2.18. The summed E-state index contributed by atoms with van der Waals surface area (Å²) in [6.07, 6.45) is 0.467. The molecule has 0 aliphatic rings. The lowest BCUT2D eigenvalue weighted by Gasteiger charge is -2.13. The molecule has 10 heteroatoms. The third-order valence-corrected chi connectivity index (χ3v) is 4.80.